The second-order valence-electron chi connectivity index (χ2n) is 11.3. The summed E-state index contributed by atoms with van der Waals surface area (Å²) in [6.45, 7) is 11.6. The van der Waals surface area contributed by atoms with Gasteiger partial charge in [-0.15, -0.1) is 0 Å². The van der Waals surface area contributed by atoms with Gasteiger partial charge in [-0.1, -0.05) is 102 Å². The second kappa shape index (κ2) is 10.0. The summed E-state index contributed by atoms with van der Waals surface area (Å²) < 4.78 is 122. The molecule has 0 saturated heterocycles. The van der Waals surface area contributed by atoms with Gasteiger partial charge < -0.3 is 0 Å². The molecule has 1 atom stereocenters. The fraction of sp³-hybridized carbons (Fsp3) is 0.500. The van der Waals surface area contributed by atoms with E-state index in [1.807, 2.05) is 41.5 Å². The zero-order chi connectivity index (χ0) is 28.7. The number of hydrogen-bond acceptors (Lipinski definition) is 0. The summed E-state index contributed by atoms with van der Waals surface area (Å²) in [5.74, 6) is -20.8. The highest BCUT2D eigenvalue weighted by atomic mass is 19.4. The van der Waals surface area contributed by atoms with Crippen molar-refractivity contribution in [3.8, 4) is 0 Å². The fourth-order valence-electron chi connectivity index (χ4n) is 3.66. The van der Waals surface area contributed by atoms with Gasteiger partial charge in [0.05, 0.1) is 0 Å². The Kier molecular flexibility index (Phi) is 8.34. The molecule has 0 nitrogen and oxygen atoms in total. The first kappa shape index (κ1) is 30.8. The van der Waals surface area contributed by atoms with Crippen LogP contribution in [0.25, 0.3) is 6.08 Å². The van der Waals surface area contributed by atoms with Gasteiger partial charge in [-0.3, -0.25) is 0 Å². The van der Waals surface area contributed by atoms with Gasteiger partial charge in [0.2, 0.25) is 0 Å². The third-order valence-electron chi connectivity index (χ3n) is 6.19. The summed E-state index contributed by atoms with van der Waals surface area (Å²) in [6, 6.07) is 12.8. The Morgan fingerprint density at radius 1 is 0.595 bits per heavy atom. The van der Waals surface area contributed by atoms with Crippen LogP contribution in [0, 0.1) is 0 Å². The van der Waals surface area contributed by atoms with Crippen LogP contribution in [0.15, 0.2) is 54.6 Å². The molecule has 2 aromatic carbocycles. The minimum Gasteiger partial charge on any atom is -0.200 e. The van der Waals surface area contributed by atoms with E-state index in [1.165, 1.54) is 18.2 Å². The third-order valence-corrected chi connectivity index (χ3v) is 6.19. The van der Waals surface area contributed by atoms with Crippen LogP contribution in [-0.4, -0.2) is 23.9 Å². The Balaban J connectivity index is 2.50. The van der Waals surface area contributed by atoms with Gasteiger partial charge in [-0.2, -0.15) is 39.5 Å². The fourth-order valence-corrected chi connectivity index (χ4v) is 3.66. The van der Waals surface area contributed by atoms with Gasteiger partial charge >= 0.3 is 23.9 Å². The molecule has 0 heterocycles. The Morgan fingerprint density at radius 3 is 1.38 bits per heavy atom. The van der Waals surface area contributed by atoms with Crippen LogP contribution in [0.5, 0.6) is 0 Å². The standard InChI is InChI=1S/C28H31F9/c1-23(2,3)21-13-8-18(9-14-21)7-10-20(19-11-15-22(16-12-19)24(4,5)6)17-25(29,30)26(31,32)27(33,34)28(35,36)37/h7-16,20H,17H2,1-6H3/b10-7+. The molecule has 0 bridgehead atoms. The van der Waals surface area contributed by atoms with Gasteiger partial charge in [0.15, 0.2) is 0 Å². The zero-order valence-corrected chi connectivity index (χ0v) is 21.5. The average Bonchev–Trinajstić information content (AvgIpc) is 2.74. The van der Waals surface area contributed by atoms with E-state index < -0.39 is 36.3 Å². The van der Waals surface area contributed by atoms with Crippen molar-refractivity contribution >= 4 is 6.08 Å². The van der Waals surface area contributed by atoms with Crippen LogP contribution in [0.3, 0.4) is 0 Å². The smallest absolute Gasteiger partial charge is 0.200 e. The van der Waals surface area contributed by atoms with Crippen molar-refractivity contribution in [3.05, 3.63) is 76.9 Å². The van der Waals surface area contributed by atoms with Crippen molar-refractivity contribution in [2.45, 2.75) is 88.7 Å². The zero-order valence-electron chi connectivity index (χ0n) is 21.5. The molecular formula is C28H31F9. The number of alkyl halides is 9. The molecule has 0 aliphatic heterocycles. The molecule has 0 aliphatic rings. The Morgan fingerprint density at radius 2 is 1.00 bits per heavy atom. The van der Waals surface area contributed by atoms with E-state index in [0.717, 1.165) is 17.2 Å². The van der Waals surface area contributed by atoms with Crippen LogP contribution in [0.1, 0.15) is 76.1 Å². The maximum atomic E-state index is 14.6. The monoisotopic (exact) mass is 538 g/mol. The number of hydrogen-bond donors (Lipinski definition) is 0. The van der Waals surface area contributed by atoms with Crippen molar-refractivity contribution in [3.63, 3.8) is 0 Å². The Bertz CT molecular complexity index is 1060. The molecule has 0 radical (unpaired) electrons. The predicted octanol–water partition coefficient (Wildman–Crippen LogP) is 9.94. The summed E-state index contributed by atoms with van der Waals surface area (Å²) in [5, 5.41) is 0. The average molecular weight is 539 g/mol. The van der Waals surface area contributed by atoms with Crippen molar-refractivity contribution < 1.29 is 39.5 Å². The Hall–Kier alpha value is -2.45. The second-order valence-corrected chi connectivity index (χ2v) is 11.3. The summed E-state index contributed by atoms with van der Waals surface area (Å²) in [7, 11) is 0. The summed E-state index contributed by atoms with van der Waals surface area (Å²) in [5.41, 5.74) is 1.85. The summed E-state index contributed by atoms with van der Waals surface area (Å²) in [4.78, 5) is 0. The number of allylic oxidation sites excluding steroid dienone is 1. The van der Waals surface area contributed by atoms with E-state index >= 15 is 0 Å². The van der Waals surface area contributed by atoms with Gasteiger partial charge in [0, 0.05) is 12.3 Å². The quantitative estimate of drug-likeness (QED) is 0.308. The van der Waals surface area contributed by atoms with Crippen molar-refractivity contribution in [1.29, 1.82) is 0 Å². The maximum Gasteiger partial charge on any atom is 0.460 e. The van der Waals surface area contributed by atoms with Crippen LogP contribution >= 0.6 is 0 Å². The molecule has 9 heteroatoms. The van der Waals surface area contributed by atoms with Crippen molar-refractivity contribution in [1.82, 2.24) is 0 Å². The Labute approximate surface area is 211 Å². The lowest BCUT2D eigenvalue weighted by molar-refractivity contribution is -0.396. The van der Waals surface area contributed by atoms with Crippen LogP contribution in [0.4, 0.5) is 39.5 Å². The van der Waals surface area contributed by atoms with E-state index in [1.54, 1.807) is 36.4 Å². The van der Waals surface area contributed by atoms with Crippen LogP contribution in [-0.2, 0) is 10.8 Å². The molecule has 0 saturated carbocycles. The van der Waals surface area contributed by atoms with Crippen molar-refractivity contribution in [2.24, 2.45) is 0 Å². The molecule has 0 aromatic heterocycles. The minimum atomic E-state index is -6.92. The molecular weight excluding hydrogens is 507 g/mol. The number of halogens is 9. The largest absolute Gasteiger partial charge is 0.460 e. The van der Waals surface area contributed by atoms with Gasteiger partial charge in [0.1, 0.15) is 0 Å². The van der Waals surface area contributed by atoms with Crippen LogP contribution < -0.4 is 0 Å². The molecule has 0 spiro atoms. The van der Waals surface area contributed by atoms with E-state index in [0.29, 0.717) is 5.56 Å². The van der Waals surface area contributed by atoms with E-state index in [-0.39, 0.29) is 16.4 Å². The van der Waals surface area contributed by atoms with E-state index in [9.17, 15) is 39.5 Å². The highest BCUT2D eigenvalue weighted by Gasteiger charge is 2.81. The molecule has 2 rings (SSSR count). The predicted molar refractivity (Wildman–Crippen MR) is 128 cm³/mol. The van der Waals surface area contributed by atoms with E-state index in [2.05, 4.69) is 0 Å². The topological polar surface area (TPSA) is 0 Å². The molecule has 0 N–H and O–H groups in total. The lowest BCUT2D eigenvalue weighted by atomic mass is 9.83. The van der Waals surface area contributed by atoms with Gasteiger partial charge in [-0.05, 0) is 33.1 Å². The molecule has 206 valence electrons. The molecule has 0 aliphatic carbocycles. The summed E-state index contributed by atoms with van der Waals surface area (Å²) in [6.07, 6.45) is -6.34. The number of rotatable bonds is 7. The summed E-state index contributed by atoms with van der Waals surface area (Å²) >= 11 is 0. The molecule has 0 fully saturated rings. The number of benzene rings is 2. The first-order valence-electron chi connectivity index (χ1n) is 11.6. The lowest BCUT2D eigenvalue weighted by Gasteiger charge is -2.35. The third kappa shape index (κ3) is 6.71. The first-order valence-corrected chi connectivity index (χ1v) is 11.6. The molecule has 1 unspecified atom stereocenters. The molecule has 37 heavy (non-hydrogen) atoms. The first-order chi connectivity index (χ1) is 16.5. The maximum absolute atomic E-state index is 14.6. The highest BCUT2D eigenvalue weighted by Crippen LogP contribution is 2.55. The molecule has 0 amide bonds. The van der Waals surface area contributed by atoms with E-state index in [4.69, 9.17) is 0 Å². The van der Waals surface area contributed by atoms with Gasteiger partial charge in [0.25, 0.3) is 0 Å². The minimum absolute atomic E-state index is 0.0707. The SMILES string of the molecule is CC(C)(C)c1ccc(/C=C/C(CC(F)(F)C(F)(F)C(F)(F)C(F)(F)F)c2ccc(C(C)(C)C)cc2)cc1. The van der Waals surface area contributed by atoms with Crippen molar-refractivity contribution in [2.75, 3.05) is 0 Å². The van der Waals surface area contributed by atoms with Gasteiger partial charge in [-0.25, -0.2) is 0 Å². The normalized spacial score (nSPS) is 15.3. The highest BCUT2D eigenvalue weighted by molar-refractivity contribution is 5.52. The molecule has 2 aromatic rings. The van der Waals surface area contributed by atoms with Crippen LogP contribution in [0.2, 0.25) is 0 Å². The lowest BCUT2D eigenvalue weighted by Crippen LogP contribution is -2.61.